The van der Waals surface area contributed by atoms with Crippen molar-refractivity contribution in [1.29, 1.82) is 0 Å². The van der Waals surface area contributed by atoms with E-state index in [4.69, 9.17) is 4.74 Å². The number of ether oxygens (including phenoxy) is 1. The molecule has 5 nitrogen and oxygen atoms in total. The fourth-order valence-corrected chi connectivity index (χ4v) is 2.65. The van der Waals surface area contributed by atoms with Crippen LogP contribution in [-0.2, 0) is 9.53 Å². The number of Topliss-reactive ketones (excluding diaryl/α,β-unsaturated/α-hetero) is 1. The van der Waals surface area contributed by atoms with Crippen LogP contribution in [0.4, 0.5) is 4.79 Å². The number of ketones is 1. The van der Waals surface area contributed by atoms with Crippen LogP contribution in [0.3, 0.4) is 0 Å². The van der Waals surface area contributed by atoms with Crippen LogP contribution in [0, 0.1) is 12.8 Å². The summed E-state index contributed by atoms with van der Waals surface area (Å²) >= 11 is 0. The second-order valence-electron chi connectivity index (χ2n) is 7.06. The lowest BCUT2D eigenvalue weighted by atomic mass is 9.94. The molecule has 0 saturated carbocycles. The van der Waals surface area contributed by atoms with Gasteiger partial charge in [0.2, 0.25) is 5.91 Å². The van der Waals surface area contributed by atoms with Gasteiger partial charge in [0.15, 0.2) is 5.78 Å². The number of aryl methyl sites for hydroxylation is 1. The summed E-state index contributed by atoms with van der Waals surface area (Å²) in [5.74, 6) is -1.54. The third-order valence-corrected chi connectivity index (χ3v) is 3.80. The van der Waals surface area contributed by atoms with Crippen LogP contribution in [0.5, 0.6) is 0 Å². The summed E-state index contributed by atoms with van der Waals surface area (Å²) in [4.78, 5) is 38.4. The van der Waals surface area contributed by atoms with Crippen LogP contribution in [0.15, 0.2) is 24.3 Å². The highest BCUT2D eigenvalue weighted by atomic mass is 16.6. The number of likely N-dealkylation sites (tertiary alicyclic amines) is 1. The molecule has 1 aromatic carbocycles. The molecule has 1 aliphatic heterocycles. The Labute approximate surface area is 136 Å². The Morgan fingerprint density at radius 2 is 1.74 bits per heavy atom. The molecule has 0 spiro atoms. The number of imide groups is 1. The Bertz CT molecular complexity index is 627. The minimum atomic E-state index is -0.819. The highest BCUT2D eigenvalue weighted by Crippen LogP contribution is 2.29. The standard InChI is InChI=1S/C18H23NO4/c1-11-6-8-13(9-7-11)15(20)14-10-12(2)19(16(14)21)17(22)23-18(3,4)5/h6-9,12,14H,10H2,1-5H3/t12-,14?/m1/s1. The van der Waals surface area contributed by atoms with Crippen molar-refractivity contribution in [1.82, 2.24) is 4.90 Å². The number of nitrogens with zero attached hydrogens (tertiary/aromatic N) is 1. The van der Waals surface area contributed by atoms with Gasteiger partial charge in [-0.2, -0.15) is 0 Å². The zero-order chi connectivity index (χ0) is 17.4. The molecule has 0 bridgehead atoms. The van der Waals surface area contributed by atoms with Crippen molar-refractivity contribution in [2.45, 2.75) is 52.7 Å². The summed E-state index contributed by atoms with van der Waals surface area (Å²) in [6.07, 6.45) is -0.362. The number of hydrogen-bond acceptors (Lipinski definition) is 4. The van der Waals surface area contributed by atoms with Crippen LogP contribution in [0.2, 0.25) is 0 Å². The van der Waals surface area contributed by atoms with Crippen molar-refractivity contribution in [2.75, 3.05) is 0 Å². The van der Waals surface area contributed by atoms with Gasteiger partial charge in [-0.1, -0.05) is 29.8 Å². The Morgan fingerprint density at radius 3 is 2.26 bits per heavy atom. The van der Waals surface area contributed by atoms with E-state index < -0.39 is 23.5 Å². The number of carbonyl (C=O) groups is 3. The van der Waals surface area contributed by atoms with E-state index in [1.807, 2.05) is 19.1 Å². The van der Waals surface area contributed by atoms with Crippen LogP contribution in [0.1, 0.15) is 50.0 Å². The lowest BCUT2D eigenvalue weighted by Crippen LogP contribution is -2.42. The van der Waals surface area contributed by atoms with Crippen molar-refractivity contribution in [2.24, 2.45) is 5.92 Å². The summed E-state index contributed by atoms with van der Waals surface area (Å²) in [6, 6.07) is 6.75. The average molecular weight is 317 g/mol. The van der Waals surface area contributed by atoms with Crippen molar-refractivity contribution in [3.05, 3.63) is 35.4 Å². The lowest BCUT2D eigenvalue weighted by molar-refractivity contribution is -0.129. The minimum absolute atomic E-state index is 0.243. The smallest absolute Gasteiger partial charge is 0.417 e. The zero-order valence-electron chi connectivity index (χ0n) is 14.3. The van der Waals surface area contributed by atoms with E-state index in [2.05, 4.69) is 0 Å². The van der Waals surface area contributed by atoms with Gasteiger partial charge < -0.3 is 4.74 Å². The highest BCUT2D eigenvalue weighted by Gasteiger charge is 2.46. The largest absolute Gasteiger partial charge is 0.443 e. The first-order chi connectivity index (χ1) is 10.6. The maximum atomic E-state index is 12.6. The predicted octanol–water partition coefficient (Wildman–Crippen LogP) is 3.35. The molecule has 23 heavy (non-hydrogen) atoms. The molecule has 1 fully saturated rings. The first-order valence-corrected chi connectivity index (χ1v) is 7.77. The van der Waals surface area contributed by atoms with E-state index in [-0.39, 0.29) is 11.8 Å². The number of benzene rings is 1. The number of carbonyl (C=O) groups excluding carboxylic acids is 3. The van der Waals surface area contributed by atoms with Crippen molar-refractivity contribution in [3.63, 3.8) is 0 Å². The number of amides is 2. The van der Waals surface area contributed by atoms with Gasteiger partial charge in [0.1, 0.15) is 11.5 Å². The molecule has 2 amide bonds. The Hall–Kier alpha value is -2.17. The molecule has 124 valence electrons. The van der Waals surface area contributed by atoms with Crippen LogP contribution < -0.4 is 0 Å². The van der Waals surface area contributed by atoms with E-state index in [0.717, 1.165) is 10.5 Å². The summed E-state index contributed by atoms with van der Waals surface area (Å²) in [5.41, 5.74) is 0.853. The zero-order valence-corrected chi connectivity index (χ0v) is 14.3. The fourth-order valence-electron chi connectivity index (χ4n) is 2.65. The summed E-state index contributed by atoms with van der Waals surface area (Å²) in [6.45, 7) is 8.91. The molecule has 0 N–H and O–H groups in total. The normalized spacial score (nSPS) is 21.4. The first kappa shape index (κ1) is 17.2. The third kappa shape index (κ3) is 3.78. The molecular weight excluding hydrogens is 294 g/mol. The van der Waals surface area contributed by atoms with Crippen molar-refractivity contribution < 1.29 is 19.1 Å². The van der Waals surface area contributed by atoms with E-state index in [1.54, 1.807) is 39.8 Å². The van der Waals surface area contributed by atoms with Gasteiger partial charge in [-0.25, -0.2) is 9.69 Å². The third-order valence-electron chi connectivity index (χ3n) is 3.80. The molecular formula is C18H23NO4. The molecule has 2 rings (SSSR count). The van der Waals surface area contributed by atoms with E-state index in [9.17, 15) is 14.4 Å². The van der Waals surface area contributed by atoms with Gasteiger partial charge in [0, 0.05) is 11.6 Å². The molecule has 2 atom stereocenters. The minimum Gasteiger partial charge on any atom is -0.443 e. The second kappa shape index (κ2) is 6.14. The summed E-state index contributed by atoms with van der Waals surface area (Å²) < 4.78 is 5.27. The molecule has 5 heteroatoms. The van der Waals surface area contributed by atoms with Crippen molar-refractivity contribution >= 4 is 17.8 Å². The van der Waals surface area contributed by atoms with Crippen LogP contribution in [0.25, 0.3) is 0 Å². The van der Waals surface area contributed by atoms with Crippen LogP contribution >= 0.6 is 0 Å². The fraction of sp³-hybridized carbons (Fsp3) is 0.500. The Kier molecular flexibility index (Phi) is 4.59. The Morgan fingerprint density at radius 1 is 1.17 bits per heavy atom. The second-order valence-corrected chi connectivity index (χ2v) is 7.06. The molecule has 1 unspecified atom stereocenters. The van der Waals surface area contributed by atoms with Gasteiger partial charge in [-0.05, 0) is 41.0 Å². The molecule has 0 radical (unpaired) electrons. The molecule has 0 aromatic heterocycles. The van der Waals surface area contributed by atoms with Gasteiger partial charge >= 0.3 is 6.09 Å². The molecule has 1 aromatic rings. The van der Waals surface area contributed by atoms with E-state index in [0.29, 0.717) is 12.0 Å². The first-order valence-electron chi connectivity index (χ1n) is 7.77. The quantitative estimate of drug-likeness (QED) is 0.620. The monoisotopic (exact) mass is 317 g/mol. The van der Waals surface area contributed by atoms with E-state index >= 15 is 0 Å². The van der Waals surface area contributed by atoms with E-state index in [1.165, 1.54) is 0 Å². The maximum absolute atomic E-state index is 12.6. The number of rotatable bonds is 2. The highest BCUT2D eigenvalue weighted by molar-refractivity contribution is 6.14. The average Bonchev–Trinajstić information content (AvgIpc) is 2.72. The van der Waals surface area contributed by atoms with Gasteiger partial charge in [-0.3, -0.25) is 9.59 Å². The Balaban J connectivity index is 2.17. The lowest BCUT2D eigenvalue weighted by Gasteiger charge is -2.25. The maximum Gasteiger partial charge on any atom is 0.417 e. The molecule has 1 aliphatic rings. The molecule has 0 aliphatic carbocycles. The summed E-state index contributed by atoms with van der Waals surface area (Å²) in [5, 5.41) is 0. The van der Waals surface area contributed by atoms with Crippen LogP contribution in [-0.4, -0.2) is 34.3 Å². The topological polar surface area (TPSA) is 63.7 Å². The molecule has 1 saturated heterocycles. The van der Waals surface area contributed by atoms with Gasteiger partial charge in [-0.15, -0.1) is 0 Å². The SMILES string of the molecule is Cc1ccc(C(=O)C2C[C@@H](C)N(C(=O)OC(C)(C)C)C2=O)cc1. The van der Waals surface area contributed by atoms with Gasteiger partial charge in [0.25, 0.3) is 0 Å². The number of hydrogen-bond donors (Lipinski definition) is 0. The molecule has 1 heterocycles. The van der Waals surface area contributed by atoms with Gasteiger partial charge in [0.05, 0.1) is 0 Å². The van der Waals surface area contributed by atoms with Crippen molar-refractivity contribution in [3.8, 4) is 0 Å². The summed E-state index contributed by atoms with van der Waals surface area (Å²) in [7, 11) is 0. The predicted molar refractivity (Wildman–Crippen MR) is 86.2 cm³/mol.